The third kappa shape index (κ3) is 3.59. The zero-order valence-electron chi connectivity index (χ0n) is 15.0. The maximum Gasteiger partial charge on any atom is 0.113 e. The molecule has 24 heavy (non-hydrogen) atoms. The number of benzene rings is 2. The van der Waals surface area contributed by atoms with Crippen LogP contribution < -0.4 is 0 Å². The van der Waals surface area contributed by atoms with E-state index in [0.717, 1.165) is 18.1 Å². The third-order valence-electron chi connectivity index (χ3n) is 4.76. The fraction of sp³-hybridized carbons (Fsp3) is 0.318. The van der Waals surface area contributed by atoms with E-state index in [2.05, 4.69) is 93.1 Å². The van der Waals surface area contributed by atoms with E-state index in [1.54, 1.807) is 0 Å². The van der Waals surface area contributed by atoms with Crippen LogP contribution in [0.25, 0.3) is 11.3 Å². The van der Waals surface area contributed by atoms with Gasteiger partial charge in [-0.1, -0.05) is 88.4 Å². The highest BCUT2D eigenvalue weighted by atomic mass is 15.1. The van der Waals surface area contributed by atoms with Crippen molar-refractivity contribution in [1.82, 2.24) is 9.55 Å². The normalized spacial score (nSPS) is 13.0. The second-order valence-electron chi connectivity index (χ2n) is 7.55. The summed E-state index contributed by atoms with van der Waals surface area (Å²) in [7, 11) is 0. The molecule has 0 saturated heterocycles. The van der Waals surface area contributed by atoms with Gasteiger partial charge in [-0.25, -0.2) is 4.98 Å². The standard InChI is InChI=1S/C22H26N2/c1-17(22(2,3)4)21-23-20(19-13-9-6-10-14-19)16-24(21)15-18-11-7-5-8-12-18/h5-14,16-17H,15H2,1-4H3/t17-/m0/s1. The van der Waals surface area contributed by atoms with E-state index in [4.69, 9.17) is 4.98 Å². The Hall–Kier alpha value is -2.35. The summed E-state index contributed by atoms with van der Waals surface area (Å²) in [5.74, 6) is 1.53. The van der Waals surface area contributed by atoms with Crippen LogP contribution in [0.15, 0.2) is 66.9 Å². The number of rotatable bonds is 4. The van der Waals surface area contributed by atoms with Gasteiger partial charge in [-0.2, -0.15) is 0 Å². The molecular weight excluding hydrogens is 292 g/mol. The molecule has 0 fully saturated rings. The summed E-state index contributed by atoms with van der Waals surface area (Å²) in [5, 5.41) is 0. The summed E-state index contributed by atoms with van der Waals surface area (Å²) in [4.78, 5) is 5.01. The lowest BCUT2D eigenvalue weighted by Gasteiger charge is -2.27. The maximum absolute atomic E-state index is 5.01. The first-order chi connectivity index (χ1) is 11.4. The van der Waals surface area contributed by atoms with E-state index in [1.165, 1.54) is 11.1 Å². The van der Waals surface area contributed by atoms with Crippen LogP contribution in [0, 0.1) is 5.41 Å². The Bertz CT molecular complexity index is 780. The fourth-order valence-corrected chi connectivity index (χ4v) is 2.82. The summed E-state index contributed by atoms with van der Waals surface area (Å²) >= 11 is 0. The van der Waals surface area contributed by atoms with E-state index in [1.807, 2.05) is 6.07 Å². The molecule has 2 nitrogen and oxygen atoms in total. The molecule has 1 heterocycles. The van der Waals surface area contributed by atoms with E-state index in [0.29, 0.717) is 5.92 Å². The van der Waals surface area contributed by atoms with Gasteiger partial charge < -0.3 is 4.57 Å². The highest BCUT2D eigenvalue weighted by Gasteiger charge is 2.26. The SMILES string of the molecule is C[C@@H](c1nc(-c2ccccc2)cn1Cc1ccccc1)C(C)(C)C. The lowest BCUT2D eigenvalue weighted by Crippen LogP contribution is -2.20. The van der Waals surface area contributed by atoms with Crippen LogP contribution in [0.5, 0.6) is 0 Å². The molecule has 0 spiro atoms. The second kappa shape index (κ2) is 6.64. The van der Waals surface area contributed by atoms with Crippen LogP contribution in [-0.2, 0) is 6.54 Å². The van der Waals surface area contributed by atoms with Crippen molar-refractivity contribution in [2.75, 3.05) is 0 Å². The quantitative estimate of drug-likeness (QED) is 0.599. The topological polar surface area (TPSA) is 17.8 Å². The number of nitrogens with zero attached hydrogens (tertiary/aromatic N) is 2. The Morgan fingerprint density at radius 3 is 2.08 bits per heavy atom. The summed E-state index contributed by atoms with van der Waals surface area (Å²) in [5.41, 5.74) is 3.70. The average Bonchev–Trinajstić information content (AvgIpc) is 2.98. The van der Waals surface area contributed by atoms with Crippen molar-refractivity contribution in [2.24, 2.45) is 5.41 Å². The Morgan fingerprint density at radius 1 is 0.917 bits per heavy atom. The predicted molar refractivity (Wildman–Crippen MR) is 101 cm³/mol. The summed E-state index contributed by atoms with van der Waals surface area (Å²) < 4.78 is 2.31. The van der Waals surface area contributed by atoms with Gasteiger partial charge in [-0.05, 0) is 11.0 Å². The lowest BCUT2D eigenvalue weighted by atomic mass is 9.81. The molecule has 0 aliphatic heterocycles. The van der Waals surface area contributed by atoms with E-state index in [9.17, 15) is 0 Å². The van der Waals surface area contributed by atoms with Gasteiger partial charge in [0.2, 0.25) is 0 Å². The Morgan fingerprint density at radius 2 is 1.50 bits per heavy atom. The minimum Gasteiger partial charge on any atom is -0.330 e. The molecular formula is C22H26N2. The third-order valence-corrected chi connectivity index (χ3v) is 4.76. The van der Waals surface area contributed by atoms with Crippen LogP contribution in [0.3, 0.4) is 0 Å². The van der Waals surface area contributed by atoms with Crippen molar-refractivity contribution in [3.63, 3.8) is 0 Å². The molecule has 0 unspecified atom stereocenters. The zero-order valence-corrected chi connectivity index (χ0v) is 15.0. The van der Waals surface area contributed by atoms with Crippen molar-refractivity contribution < 1.29 is 0 Å². The molecule has 3 aromatic rings. The van der Waals surface area contributed by atoms with E-state index in [-0.39, 0.29) is 5.41 Å². The Labute approximate surface area is 145 Å². The zero-order chi connectivity index (χ0) is 17.2. The minimum atomic E-state index is 0.174. The molecule has 2 heteroatoms. The minimum absolute atomic E-state index is 0.174. The first-order valence-electron chi connectivity index (χ1n) is 8.61. The van der Waals surface area contributed by atoms with Crippen molar-refractivity contribution in [2.45, 2.75) is 40.2 Å². The van der Waals surface area contributed by atoms with Crippen LogP contribution in [0.4, 0.5) is 0 Å². The summed E-state index contributed by atoms with van der Waals surface area (Å²) in [6.45, 7) is 9.97. The smallest absolute Gasteiger partial charge is 0.113 e. The summed E-state index contributed by atoms with van der Waals surface area (Å²) in [6, 6.07) is 21.0. The van der Waals surface area contributed by atoms with Gasteiger partial charge in [-0.15, -0.1) is 0 Å². The summed E-state index contributed by atoms with van der Waals surface area (Å²) in [6.07, 6.45) is 2.19. The molecule has 0 saturated carbocycles. The highest BCUT2D eigenvalue weighted by Crippen LogP contribution is 2.35. The highest BCUT2D eigenvalue weighted by molar-refractivity contribution is 5.58. The molecule has 0 bridgehead atoms. The van der Waals surface area contributed by atoms with Crippen molar-refractivity contribution in [3.05, 3.63) is 78.2 Å². The van der Waals surface area contributed by atoms with Gasteiger partial charge in [0.25, 0.3) is 0 Å². The molecule has 0 aliphatic carbocycles. The Kier molecular flexibility index (Phi) is 4.57. The maximum atomic E-state index is 5.01. The van der Waals surface area contributed by atoms with Gasteiger partial charge >= 0.3 is 0 Å². The average molecular weight is 318 g/mol. The lowest BCUT2D eigenvalue weighted by molar-refractivity contribution is 0.321. The van der Waals surface area contributed by atoms with Crippen LogP contribution in [0.2, 0.25) is 0 Å². The van der Waals surface area contributed by atoms with Gasteiger partial charge in [0.1, 0.15) is 5.82 Å². The molecule has 3 rings (SSSR count). The van der Waals surface area contributed by atoms with Gasteiger partial charge in [0, 0.05) is 24.2 Å². The van der Waals surface area contributed by atoms with Crippen LogP contribution >= 0.6 is 0 Å². The molecule has 124 valence electrons. The first-order valence-corrected chi connectivity index (χ1v) is 8.61. The molecule has 0 N–H and O–H groups in total. The number of aromatic nitrogens is 2. The Balaban J connectivity index is 2.03. The largest absolute Gasteiger partial charge is 0.330 e. The predicted octanol–water partition coefficient (Wildman–Crippen LogP) is 5.75. The molecule has 0 amide bonds. The van der Waals surface area contributed by atoms with Crippen LogP contribution in [0.1, 0.15) is 45.0 Å². The number of hydrogen-bond donors (Lipinski definition) is 0. The van der Waals surface area contributed by atoms with Gasteiger partial charge in [0.05, 0.1) is 5.69 Å². The second-order valence-corrected chi connectivity index (χ2v) is 7.55. The van der Waals surface area contributed by atoms with Gasteiger partial charge in [0.15, 0.2) is 0 Å². The molecule has 1 atom stereocenters. The van der Waals surface area contributed by atoms with Crippen LogP contribution in [-0.4, -0.2) is 9.55 Å². The number of hydrogen-bond acceptors (Lipinski definition) is 1. The van der Waals surface area contributed by atoms with Crippen molar-refractivity contribution >= 4 is 0 Å². The molecule has 2 aromatic carbocycles. The molecule has 0 aliphatic rings. The first kappa shape index (κ1) is 16.5. The fourth-order valence-electron chi connectivity index (χ4n) is 2.82. The molecule has 0 radical (unpaired) electrons. The van der Waals surface area contributed by atoms with E-state index < -0.39 is 0 Å². The van der Waals surface area contributed by atoms with E-state index >= 15 is 0 Å². The monoisotopic (exact) mass is 318 g/mol. The van der Waals surface area contributed by atoms with Gasteiger partial charge in [-0.3, -0.25) is 0 Å². The molecule has 1 aromatic heterocycles. The number of imidazole rings is 1. The van der Waals surface area contributed by atoms with Crippen molar-refractivity contribution in [3.8, 4) is 11.3 Å². The van der Waals surface area contributed by atoms with Crippen molar-refractivity contribution in [1.29, 1.82) is 0 Å².